The highest BCUT2D eigenvalue weighted by Gasteiger charge is 2.32. The SMILES string of the molecule is FC(F)(F)c1ccc(CCc2ccc3cc(-c4nn[nH]n4)oc3c2)cc1Br. The van der Waals surface area contributed by atoms with Crippen molar-refractivity contribution in [2.75, 3.05) is 0 Å². The molecule has 2 heterocycles. The van der Waals surface area contributed by atoms with E-state index in [4.69, 9.17) is 4.42 Å². The second kappa shape index (κ2) is 6.80. The summed E-state index contributed by atoms with van der Waals surface area (Å²) in [7, 11) is 0. The third kappa shape index (κ3) is 3.73. The number of benzene rings is 2. The van der Waals surface area contributed by atoms with Crippen molar-refractivity contribution >= 4 is 26.9 Å². The van der Waals surface area contributed by atoms with Crippen LogP contribution in [0.2, 0.25) is 0 Å². The van der Waals surface area contributed by atoms with E-state index in [2.05, 4.69) is 36.6 Å². The lowest BCUT2D eigenvalue weighted by molar-refractivity contribution is -0.138. The van der Waals surface area contributed by atoms with E-state index in [9.17, 15) is 13.2 Å². The Bertz CT molecular complexity index is 1090. The van der Waals surface area contributed by atoms with Crippen molar-refractivity contribution in [2.45, 2.75) is 19.0 Å². The van der Waals surface area contributed by atoms with Crippen molar-refractivity contribution in [1.29, 1.82) is 0 Å². The summed E-state index contributed by atoms with van der Waals surface area (Å²) in [5, 5.41) is 14.6. The Hall–Kier alpha value is -2.68. The van der Waals surface area contributed by atoms with Gasteiger partial charge in [0.05, 0.1) is 5.56 Å². The van der Waals surface area contributed by atoms with Gasteiger partial charge in [-0.2, -0.15) is 18.4 Å². The van der Waals surface area contributed by atoms with Crippen LogP contribution in [0.15, 0.2) is 51.4 Å². The highest BCUT2D eigenvalue weighted by atomic mass is 79.9. The van der Waals surface area contributed by atoms with Crippen LogP contribution in [0.3, 0.4) is 0 Å². The maximum Gasteiger partial charge on any atom is 0.417 e. The molecule has 0 spiro atoms. The Balaban J connectivity index is 1.51. The zero-order valence-corrected chi connectivity index (χ0v) is 15.3. The first kappa shape index (κ1) is 17.7. The fraction of sp³-hybridized carbons (Fsp3) is 0.167. The van der Waals surface area contributed by atoms with Gasteiger partial charge in [-0.05, 0) is 53.4 Å². The zero-order valence-electron chi connectivity index (χ0n) is 13.7. The number of tetrazole rings is 1. The quantitative estimate of drug-likeness (QED) is 0.478. The van der Waals surface area contributed by atoms with Crippen molar-refractivity contribution in [3.63, 3.8) is 0 Å². The molecule has 0 fully saturated rings. The van der Waals surface area contributed by atoms with E-state index >= 15 is 0 Å². The van der Waals surface area contributed by atoms with Crippen LogP contribution < -0.4 is 0 Å². The summed E-state index contributed by atoms with van der Waals surface area (Å²) in [6.07, 6.45) is -3.08. The van der Waals surface area contributed by atoms with Gasteiger partial charge in [-0.3, -0.25) is 0 Å². The number of aryl methyl sites for hydroxylation is 2. The minimum atomic E-state index is -4.36. The number of hydrogen-bond acceptors (Lipinski definition) is 4. The largest absolute Gasteiger partial charge is 0.453 e. The molecule has 0 bridgehead atoms. The number of aromatic amines is 1. The smallest absolute Gasteiger partial charge is 0.417 e. The highest BCUT2D eigenvalue weighted by Crippen LogP contribution is 2.35. The molecule has 138 valence electrons. The van der Waals surface area contributed by atoms with Crippen LogP contribution in [0.1, 0.15) is 16.7 Å². The maximum absolute atomic E-state index is 12.8. The minimum Gasteiger partial charge on any atom is -0.453 e. The maximum atomic E-state index is 12.8. The number of aromatic nitrogens is 4. The fourth-order valence-electron chi connectivity index (χ4n) is 2.84. The van der Waals surface area contributed by atoms with Crippen LogP contribution in [-0.2, 0) is 19.0 Å². The van der Waals surface area contributed by atoms with Crippen LogP contribution in [0, 0.1) is 0 Å². The fourth-order valence-corrected chi connectivity index (χ4v) is 3.49. The molecule has 0 radical (unpaired) electrons. The Kier molecular flexibility index (Phi) is 4.47. The van der Waals surface area contributed by atoms with Crippen LogP contribution in [0.25, 0.3) is 22.6 Å². The van der Waals surface area contributed by atoms with Crippen molar-refractivity contribution in [2.24, 2.45) is 0 Å². The molecule has 9 heteroatoms. The Labute approximate surface area is 159 Å². The van der Waals surface area contributed by atoms with Crippen molar-refractivity contribution in [1.82, 2.24) is 20.6 Å². The standard InChI is InChI=1S/C18H12BrF3N4O/c19-14-7-10(4-6-13(14)18(20,21)22)1-2-11-3-5-12-9-16(27-15(12)8-11)17-23-25-26-24-17/h3-9H,1-2H2,(H,23,24,25,26). The first-order valence-corrected chi connectivity index (χ1v) is 8.81. The zero-order chi connectivity index (χ0) is 19.0. The average molecular weight is 437 g/mol. The van der Waals surface area contributed by atoms with Crippen molar-refractivity contribution in [3.8, 4) is 11.6 Å². The molecule has 2 aromatic heterocycles. The first-order valence-electron chi connectivity index (χ1n) is 8.02. The Morgan fingerprint density at radius 3 is 2.41 bits per heavy atom. The number of fused-ring (bicyclic) bond motifs is 1. The molecular weight excluding hydrogens is 425 g/mol. The molecular formula is C18H12BrF3N4O. The molecule has 0 aliphatic carbocycles. The number of rotatable bonds is 4. The summed E-state index contributed by atoms with van der Waals surface area (Å²) in [4.78, 5) is 0. The normalized spacial score (nSPS) is 12.0. The number of nitrogens with one attached hydrogen (secondary N) is 1. The molecule has 4 rings (SSSR count). The predicted molar refractivity (Wildman–Crippen MR) is 95.9 cm³/mol. The molecule has 0 saturated heterocycles. The molecule has 0 amide bonds. The van der Waals surface area contributed by atoms with E-state index < -0.39 is 11.7 Å². The number of hydrogen-bond donors (Lipinski definition) is 1. The number of halogens is 4. The topological polar surface area (TPSA) is 67.6 Å². The van der Waals surface area contributed by atoms with E-state index in [1.54, 1.807) is 0 Å². The lowest BCUT2D eigenvalue weighted by atomic mass is 10.0. The van der Waals surface area contributed by atoms with Crippen molar-refractivity contribution in [3.05, 3.63) is 63.6 Å². The summed E-state index contributed by atoms with van der Waals surface area (Å²) < 4.78 is 44.3. The minimum absolute atomic E-state index is 0.0544. The van der Waals surface area contributed by atoms with E-state index in [0.29, 0.717) is 30.0 Å². The third-order valence-electron chi connectivity index (χ3n) is 4.19. The van der Waals surface area contributed by atoms with Gasteiger partial charge in [0.25, 0.3) is 0 Å². The molecule has 0 saturated carbocycles. The van der Waals surface area contributed by atoms with Crippen LogP contribution >= 0.6 is 15.9 Å². The van der Waals surface area contributed by atoms with E-state index in [1.165, 1.54) is 12.1 Å². The van der Waals surface area contributed by atoms with Crippen molar-refractivity contribution < 1.29 is 17.6 Å². The highest BCUT2D eigenvalue weighted by molar-refractivity contribution is 9.10. The Morgan fingerprint density at radius 1 is 1.00 bits per heavy atom. The van der Waals surface area contributed by atoms with E-state index in [1.807, 2.05) is 24.3 Å². The van der Waals surface area contributed by atoms with E-state index in [0.717, 1.165) is 22.6 Å². The van der Waals surface area contributed by atoms with Crippen LogP contribution in [0.5, 0.6) is 0 Å². The second-order valence-electron chi connectivity index (χ2n) is 6.03. The van der Waals surface area contributed by atoms with Gasteiger partial charge in [0.15, 0.2) is 5.76 Å². The molecule has 2 aromatic carbocycles. The number of alkyl halides is 3. The molecule has 0 aliphatic rings. The summed E-state index contributed by atoms with van der Waals surface area (Å²) >= 11 is 3.01. The van der Waals surface area contributed by atoms with Gasteiger partial charge in [0.2, 0.25) is 5.82 Å². The lowest BCUT2D eigenvalue weighted by Gasteiger charge is -2.10. The molecule has 4 aromatic rings. The van der Waals surface area contributed by atoms with E-state index in [-0.39, 0.29) is 4.47 Å². The third-order valence-corrected chi connectivity index (χ3v) is 4.85. The predicted octanol–water partition coefficient (Wildman–Crippen LogP) is 5.18. The number of furan rings is 1. The lowest BCUT2D eigenvalue weighted by Crippen LogP contribution is -2.06. The summed E-state index contributed by atoms with van der Waals surface area (Å²) in [6.45, 7) is 0. The molecule has 0 atom stereocenters. The van der Waals surface area contributed by atoms with Gasteiger partial charge >= 0.3 is 6.18 Å². The summed E-state index contributed by atoms with van der Waals surface area (Å²) in [5.74, 6) is 0.893. The van der Waals surface area contributed by atoms with Crippen LogP contribution in [-0.4, -0.2) is 20.6 Å². The van der Waals surface area contributed by atoms with Gasteiger partial charge in [0, 0.05) is 9.86 Å². The van der Waals surface area contributed by atoms with Gasteiger partial charge in [-0.25, -0.2) is 0 Å². The Morgan fingerprint density at radius 2 is 1.74 bits per heavy atom. The van der Waals surface area contributed by atoms with Gasteiger partial charge in [-0.1, -0.05) is 34.1 Å². The second-order valence-corrected chi connectivity index (χ2v) is 6.88. The monoisotopic (exact) mass is 436 g/mol. The van der Waals surface area contributed by atoms with Crippen LogP contribution in [0.4, 0.5) is 13.2 Å². The summed E-state index contributed by atoms with van der Waals surface area (Å²) in [6, 6.07) is 11.8. The number of nitrogens with zero attached hydrogens (tertiary/aromatic N) is 3. The molecule has 1 N–H and O–H groups in total. The molecule has 27 heavy (non-hydrogen) atoms. The first-order chi connectivity index (χ1) is 12.9. The summed E-state index contributed by atoms with van der Waals surface area (Å²) in [5.41, 5.74) is 1.87. The average Bonchev–Trinajstić information content (AvgIpc) is 3.27. The number of H-pyrrole nitrogens is 1. The van der Waals surface area contributed by atoms with Gasteiger partial charge in [0.1, 0.15) is 5.58 Å². The molecule has 5 nitrogen and oxygen atoms in total. The van der Waals surface area contributed by atoms with Gasteiger partial charge in [-0.15, -0.1) is 10.2 Å². The molecule has 0 aliphatic heterocycles. The van der Waals surface area contributed by atoms with Gasteiger partial charge < -0.3 is 4.42 Å². The molecule has 0 unspecified atom stereocenters.